The number of anilines is 1. The SMILES string of the molecule is CCOc1cccc(-c2cc(OC)c(OC)cc2C=C2C(=O)Nc3ccccc32)c1.[Pd].c1ccc(P(c2ccccc2)c2ccccc2)cc1.c1ccc(P(c2ccccc2)c2ccccc2)cc1.c1ccc(P(c2ccccc2)c2ccccc2)cc1.c1ccc(P(c2ccccc2)c2ccccc2)cc1. The van der Waals surface area contributed by atoms with Gasteiger partial charge in [-0.25, -0.2) is 0 Å². The molecule has 10 heteroatoms. The van der Waals surface area contributed by atoms with E-state index in [2.05, 4.69) is 369 Å². The van der Waals surface area contributed by atoms with Crippen LogP contribution in [0.25, 0.3) is 22.8 Å². The summed E-state index contributed by atoms with van der Waals surface area (Å²) in [5, 5.41) is 19.7. The van der Waals surface area contributed by atoms with E-state index in [0.29, 0.717) is 23.7 Å². The van der Waals surface area contributed by atoms with Crippen LogP contribution in [-0.4, -0.2) is 26.7 Å². The van der Waals surface area contributed by atoms with Crippen molar-refractivity contribution in [1.82, 2.24) is 0 Å². The van der Waals surface area contributed by atoms with Crippen molar-refractivity contribution in [3.05, 3.63) is 436 Å². The van der Waals surface area contributed by atoms with Gasteiger partial charge in [0.1, 0.15) is 5.75 Å². The first kappa shape index (κ1) is 77.4. The number of amides is 1. The zero-order chi connectivity index (χ0) is 72.8. The molecular formula is C97H83NO4P4Pd. The molecule has 0 bridgehead atoms. The minimum atomic E-state index is -0.446. The fraction of sp³-hybridized carbons (Fsp3) is 0.0412. The Morgan fingerprint density at radius 1 is 0.290 bits per heavy atom. The quantitative estimate of drug-likeness (QED) is 0.0528. The summed E-state index contributed by atoms with van der Waals surface area (Å²) in [6, 6.07) is 149. The third-order valence-corrected chi connectivity index (χ3v) is 27.0. The van der Waals surface area contributed by atoms with Gasteiger partial charge in [-0.05, 0) is 155 Å². The molecule has 16 rings (SSSR count). The molecule has 0 radical (unpaired) electrons. The second-order valence-corrected chi connectivity index (χ2v) is 33.1. The van der Waals surface area contributed by atoms with Crippen molar-refractivity contribution in [1.29, 1.82) is 0 Å². The van der Waals surface area contributed by atoms with E-state index in [4.69, 9.17) is 14.2 Å². The zero-order valence-corrected chi connectivity index (χ0v) is 65.1. The van der Waals surface area contributed by atoms with E-state index < -0.39 is 31.7 Å². The molecule has 1 aliphatic rings. The predicted octanol–water partition coefficient (Wildman–Crippen LogP) is 19.0. The van der Waals surface area contributed by atoms with E-state index in [-0.39, 0.29) is 26.3 Å². The van der Waals surface area contributed by atoms with Gasteiger partial charge in [0.25, 0.3) is 5.91 Å². The molecule has 0 saturated carbocycles. The summed E-state index contributed by atoms with van der Waals surface area (Å²) >= 11 is 0. The summed E-state index contributed by atoms with van der Waals surface area (Å²) in [5.41, 5.74) is 5.03. The van der Waals surface area contributed by atoms with Gasteiger partial charge in [-0.2, -0.15) is 0 Å². The minimum absolute atomic E-state index is 0. The van der Waals surface area contributed by atoms with Crippen molar-refractivity contribution in [2.24, 2.45) is 0 Å². The van der Waals surface area contributed by atoms with Crippen molar-refractivity contribution in [2.75, 3.05) is 26.1 Å². The molecule has 0 spiro atoms. The van der Waals surface area contributed by atoms with Crippen LogP contribution in [0.4, 0.5) is 5.69 Å². The largest absolute Gasteiger partial charge is 0.494 e. The smallest absolute Gasteiger partial charge is 0.256 e. The molecule has 0 saturated heterocycles. The van der Waals surface area contributed by atoms with Gasteiger partial charge in [-0.3, -0.25) is 4.79 Å². The van der Waals surface area contributed by atoms with E-state index in [1.165, 1.54) is 63.7 Å². The van der Waals surface area contributed by atoms with Crippen LogP contribution in [0.15, 0.2) is 425 Å². The van der Waals surface area contributed by atoms with Crippen LogP contribution in [0.5, 0.6) is 17.2 Å². The standard InChI is InChI=1S/C25H23NO4.4C18H15P.Pd/c1-4-30-18-9-7-8-16(12-18)20-15-24(29-3)23(28-2)14-17(20)13-21-19-10-5-6-11-22(19)26-25(21)27;4*1-4-10-16(11-5-1)19(17-12-6-2-7-13-17)18-14-8-3-9-15-18;/h5-15H,4H2,1-3H3,(H,26,27);4*1-15H;. The molecule has 1 heterocycles. The summed E-state index contributed by atoms with van der Waals surface area (Å²) in [7, 11) is 1.42. The van der Waals surface area contributed by atoms with Crippen molar-refractivity contribution in [2.45, 2.75) is 6.92 Å². The van der Waals surface area contributed by atoms with Crippen LogP contribution in [-0.2, 0) is 25.2 Å². The summed E-state index contributed by atoms with van der Waals surface area (Å²) in [6.45, 7) is 2.54. The molecule has 107 heavy (non-hydrogen) atoms. The second-order valence-electron chi connectivity index (χ2n) is 24.2. The van der Waals surface area contributed by atoms with Gasteiger partial charge < -0.3 is 19.5 Å². The van der Waals surface area contributed by atoms with E-state index in [0.717, 1.165) is 33.7 Å². The van der Waals surface area contributed by atoms with Crippen LogP contribution in [0.1, 0.15) is 18.1 Å². The van der Waals surface area contributed by atoms with E-state index >= 15 is 0 Å². The third kappa shape index (κ3) is 21.3. The maximum atomic E-state index is 12.6. The molecule has 1 amide bonds. The molecule has 1 aliphatic heterocycles. The molecular weight excluding hydrogens is 1470 g/mol. The molecule has 0 atom stereocenters. The number of nitrogens with one attached hydrogen (secondary N) is 1. The minimum Gasteiger partial charge on any atom is -0.494 e. The summed E-state index contributed by atoms with van der Waals surface area (Å²) < 4.78 is 16.7. The normalized spacial score (nSPS) is 11.4. The van der Waals surface area contributed by atoms with E-state index in [9.17, 15) is 4.79 Å². The molecule has 0 fully saturated rings. The Labute approximate surface area is 650 Å². The molecule has 0 unspecified atom stereocenters. The molecule has 0 aromatic heterocycles. The van der Waals surface area contributed by atoms with Gasteiger partial charge in [0.15, 0.2) is 11.5 Å². The topological polar surface area (TPSA) is 56.8 Å². The molecule has 530 valence electrons. The summed E-state index contributed by atoms with van der Waals surface area (Å²) in [5.74, 6) is 1.88. The van der Waals surface area contributed by atoms with Crippen LogP contribution in [0.2, 0.25) is 0 Å². The zero-order valence-electron chi connectivity index (χ0n) is 59.9. The molecule has 15 aromatic rings. The first-order valence-electron chi connectivity index (χ1n) is 35.4. The molecule has 1 N–H and O–H groups in total. The van der Waals surface area contributed by atoms with Crippen molar-refractivity contribution >= 4 is 119 Å². The maximum Gasteiger partial charge on any atom is 0.256 e. The third-order valence-electron chi connectivity index (χ3n) is 17.2. The molecule has 0 aliphatic carbocycles. The summed E-state index contributed by atoms with van der Waals surface area (Å²) in [6.07, 6.45) is 1.89. The first-order valence-corrected chi connectivity index (χ1v) is 40.7. The van der Waals surface area contributed by atoms with E-state index in [1.807, 2.05) is 73.7 Å². The Hall–Kier alpha value is -10.7. The van der Waals surface area contributed by atoms with Crippen LogP contribution in [0.3, 0.4) is 0 Å². The van der Waals surface area contributed by atoms with Gasteiger partial charge in [0.05, 0.1) is 20.8 Å². The number of carbonyl (C=O) groups is 1. The van der Waals surface area contributed by atoms with Crippen LogP contribution >= 0.6 is 31.7 Å². The number of carbonyl (C=O) groups excluding carboxylic acids is 1. The number of fused-ring (bicyclic) bond motifs is 1. The Balaban J connectivity index is 0.000000135. The van der Waals surface area contributed by atoms with Gasteiger partial charge in [0, 0.05) is 37.2 Å². The van der Waals surface area contributed by atoms with Crippen molar-refractivity contribution < 1.29 is 39.4 Å². The Morgan fingerprint density at radius 2 is 0.542 bits per heavy atom. The molecule has 5 nitrogen and oxygen atoms in total. The van der Waals surface area contributed by atoms with E-state index in [1.54, 1.807) is 14.2 Å². The van der Waals surface area contributed by atoms with Gasteiger partial charge in [-0.1, -0.05) is 394 Å². The maximum absolute atomic E-state index is 12.6. The number of ether oxygens (including phenoxy) is 3. The Morgan fingerprint density at radius 3 is 0.804 bits per heavy atom. The number of para-hydroxylation sites is 1. The average Bonchev–Trinajstić information content (AvgIpc) is 1.71. The van der Waals surface area contributed by atoms with Crippen molar-refractivity contribution in [3.63, 3.8) is 0 Å². The number of hydrogen-bond acceptors (Lipinski definition) is 4. The number of methoxy groups -OCH3 is 2. The van der Waals surface area contributed by atoms with Gasteiger partial charge >= 0.3 is 0 Å². The monoisotopic (exact) mass is 1560 g/mol. The average molecular weight is 1560 g/mol. The predicted molar refractivity (Wildman–Crippen MR) is 460 cm³/mol. The van der Waals surface area contributed by atoms with Gasteiger partial charge in [-0.15, -0.1) is 0 Å². The fourth-order valence-corrected chi connectivity index (χ4v) is 21.6. The number of hydrogen-bond donors (Lipinski definition) is 1. The summed E-state index contributed by atoms with van der Waals surface area (Å²) in [4.78, 5) is 12.6. The van der Waals surface area contributed by atoms with Gasteiger partial charge in [0.2, 0.25) is 0 Å². The molecule has 15 aromatic carbocycles. The number of rotatable bonds is 18. The van der Waals surface area contributed by atoms with Crippen molar-refractivity contribution in [3.8, 4) is 28.4 Å². The first-order chi connectivity index (χ1) is 52.4. The van der Waals surface area contributed by atoms with Crippen LogP contribution < -0.4 is 83.2 Å². The Kier molecular flexibility index (Phi) is 29.8. The van der Waals surface area contributed by atoms with Crippen LogP contribution in [0, 0.1) is 0 Å². The Bertz CT molecular complexity index is 4280. The fourth-order valence-electron chi connectivity index (χ4n) is 12.3. The second kappa shape index (κ2) is 41.3. The number of benzene rings is 15.